The van der Waals surface area contributed by atoms with Crippen LogP contribution in [0.15, 0.2) is 45.3 Å². The van der Waals surface area contributed by atoms with Crippen molar-refractivity contribution in [2.24, 2.45) is 0 Å². The highest BCUT2D eigenvalue weighted by atomic mass is 79.9. The first-order valence-electron chi connectivity index (χ1n) is 5.85. The van der Waals surface area contributed by atoms with Crippen molar-refractivity contribution in [2.75, 3.05) is 6.54 Å². The van der Waals surface area contributed by atoms with E-state index in [-0.39, 0.29) is 12.5 Å². The lowest BCUT2D eigenvalue weighted by atomic mass is 10.2. The van der Waals surface area contributed by atoms with Crippen molar-refractivity contribution >= 4 is 21.8 Å². The maximum atomic E-state index is 11.9. The highest BCUT2D eigenvalue weighted by Gasteiger charge is 2.14. The smallest absolute Gasteiger partial charge is 0.252 e. The molecule has 0 saturated carbocycles. The summed E-state index contributed by atoms with van der Waals surface area (Å²) in [4.78, 5) is 11.9. The van der Waals surface area contributed by atoms with Gasteiger partial charge in [0, 0.05) is 4.47 Å². The van der Waals surface area contributed by atoms with Crippen LogP contribution in [0.4, 0.5) is 0 Å². The zero-order valence-electron chi connectivity index (χ0n) is 10.4. The molecule has 2 aromatic rings. The number of aliphatic hydroxyl groups excluding tert-OH is 1. The molecule has 0 aliphatic heterocycles. The Morgan fingerprint density at radius 2 is 2.11 bits per heavy atom. The van der Waals surface area contributed by atoms with Gasteiger partial charge in [0.15, 0.2) is 0 Å². The highest BCUT2D eigenvalue weighted by molar-refractivity contribution is 9.10. The average Bonchev–Trinajstić information content (AvgIpc) is 2.83. The van der Waals surface area contributed by atoms with Crippen LogP contribution in [-0.2, 0) is 0 Å². The third-order valence-corrected chi connectivity index (χ3v) is 3.36. The second-order valence-electron chi connectivity index (χ2n) is 4.15. The molecule has 2 rings (SSSR count). The number of furan rings is 1. The van der Waals surface area contributed by atoms with Crippen LogP contribution >= 0.6 is 15.9 Å². The number of aliphatic hydroxyl groups is 1. The van der Waals surface area contributed by atoms with Crippen molar-refractivity contribution in [3.8, 4) is 0 Å². The summed E-state index contributed by atoms with van der Waals surface area (Å²) in [5.41, 5.74) is 0.533. The molecule has 1 amide bonds. The average molecular weight is 324 g/mol. The molecule has 1 aromatic heterocycles. The largest absolute Gasteiger partial charge is 0.464 e. The Balaban J connectivity index is 1.96. The van der Waals surface area contributed by atoms with Crippen molar-refractivity contribution in [1.82, 2.24) is 5.32 Å². The van der Waals surface area contributed by atoms with Gasteiger partial charge in [-0.15, -0.1) is 0 Å². The molecule has 0 aliphatic carbocycles. The Labute approximate surface area is 119 Å². The first-order valence-corrected chi connectivity index (χ1v) is 6.64. The van der Waals surface area contributed by atoms with Gasteiger partial charge < -0.3 is 14.8 Å². The molecule has 5 heteroatoms. The van der Waals surface area contributed by atoms with Crippen LogP contribution in [0.5, 0.6) is 0 Å². The van der Waals surface area contributed by atoms with Gasteiger partial charge in [0.25, 0.3) is 5.91 Å². The summed E-state index contributed by atoms with van der Waals surface area (Å²) < 4.78 is 6.01. The van der Waals surface area contributed by atoms with E-state index in [2.05, 4.69) is 21.2 Å². The molecule has 19 heavy (non-hydrogen) atoms. The molecule has 0 saturated heterocycles. The zero-order valence-corrected chi connectivity index (χ0v) is 12.0. The van der Waals surface area contributed by atoms with Crippen LogP contribution in [0.2, 0.25) is 0 Å². The van der Waals surface area contributed by atoms with Crippen molar-refractivity contribution in [1.29, 1.82) is 0 Å². The standard InChI is InChI=1S/C14H14BrNO3/c1-9-6-7-13(19-9)12(17)8-16-14(18)10-4-2-3-5-11(10)15/h2-7,12,17H,8H2,1H3,(H,16,18)/t12-/m0/s1. The fraction of sp³-hybridized carbons (Fsp3) is 0.214. The van der Waals surface area contributed by atoms with Gasteiger partial charge in [0.1, 0.15) is 17.6 Å². The van der Waals surface area contributed by atoms with E-state index < -0.39 is 6.10 Å². The summed E-state index contributed by atoms with van der Waals surface area (Å²) in [6.45, 7) is 1.91. The summed E-state index contributed by atoms with van der Waals surface area (Å²) in [7, 11) is 0. The third kappa shape index (κ3) is 3.45. The monoisotopic (exact) mass is 323 g/mol. The first-order chi connectivity index (χ1) is 9.08. The second-order valence-corrected chi connectivity index (χ2v) is 5.01. The number of rotatable bonds is 4. The van der Waals surface area contributed by atoms with Crippen LogP contribution in [0, 0.1) is 6.92 Å². The zero-order chi connectivity index (χ0) is 13.8. The van der Waals surface area contributed by atoms with Crippen LogP contribution in [0.1, 0.15) is 28.0 Å². The van der Waals surface area contributed by atoms with Crippen LogP contribution in [0.25, 0.3) is 0 Å². The van der Waals surface area contributed by atoms with Gasteiger partial charge in [0.2, 0.25) is 0 Å². The number of nitrogens with one attached hydrogen (secondary N) is 1. The minimum absolute atomic E-state index is 0.104. The maximum absolute atomic E-state index is 11.9. The molecule has 1 atom stereocenters. The van der Waals surface area contributed by atoms with Crippen molar-refractivity contribution in [3.05, 3.63) is 58.0 Å². The lowest BCUT2D eigenvalue weighted by Crippen LogP contribution is -2.28. The second kappa shape index (κ2) is 6.04. The van der Waals surface area contributed by atoms with E-state index in [1.54, 1.807) is 37.3 Å². The fourth-order valence-electron chi connectivity index (χ4n) is 1.66. The topological polar surface area (TPSA) is 62.5 Å². The Kier molecular flexibility index (Phi) is 4.39. The summed E-state index contributed by atoms with van der Waals surface area (Å²) >= 11 is 3.31. The van der Waals surface area contributed by atoms with Gasteiger partial charge in [-0.05, 0) is 47.1 Å². The van der Waals surface area contributed by atoms with E-state index in [1.807, 2.05) is 6.07 Å². The molecule has 0 unspecified atom stereocenters. The van der Waals surface area contributed by atoms with E-state index in [0.29, 0.717) is 11.3 Å². The lowest BCUT2D eigenvalue weighted by molar-refractivity contribution is 0.0899. The summed E-state index contributed by atoms with van der Waals surface area (Å²) in [5, 5.41) is 12.5. The number of aryl methyl sites for hydroxylation is 1. The number of carbonyl (C=O) groups is 1. The predicted octanol–water partition coefficient (Wildman–Crippen LogP) is 2.81. The van der Waals surface area contributed by atoms with Gasteiger partial charge in [-0.25, -0.2) is 0 Å². The normalized spacial score (nSPS) is 12.2. The van der Waals surface area contributed by atoms with Gasteiger partial charge >= 0.3 is 0 Å². The molecular formula is C14H14BrNO3. The summed E-state index contributed by atoms with van der Waals surface area (Å²) in [6, 6.07) is 10.6. The predicted molar refractivity (Wildman–Crippen MR) is 74.9 cm³/mol. The molecule has 0 aliphatic rings. The Hall–Kier alpha value is -1.59. The summed E-state index contributed by atoms with van der Waals surface area (Å²) in [5.74, 6) is 0.936. The molecule has 0 fully saturated rings. The number of benzene rings is 1. The molecule has 0 radical (unpaired) electrons. The number of amides is 1. The van der Waals surface area contributed by atoms with Crippen molar-refractivity contribution in [3.63, 3.8) is 0 Å². The fourth-order valence-corrected chi connectivity index (χ4v) is 2.13. The summed E-state index contributed by atoms with van der Waals surface area (Å²) in [6.07, 6.45) is -0.847. The first kappa shape index (κ1) is 13.8. The molecule has 0 spiro atoms. The Morgan fingerprint density at radius 3 is 2.74 bits per heavy atom. The third-order valence-electron chi connectivity index (χ3n) is 2.66. The lowest BCUT2D eigenvalue weighted by Gasteiger charge is -2.10. The minimum atomic E-state index is -0.847. The Morgan fingerprint density at radius 1 is 1.37 bits per heavy atom. The maximum Gasteiger partial charge on any atom is 0.252 e. The van der Waals surface area contributed by atoms with E-state index in [4.69, 9.17) is 4.42 Å². The van der Waals surface area contributed by atoms with E-state index in [1.165, 1.54) is 0 Å². The molecule has 2 N–H and O–H groups in total. The van der Waals surface area contributed by atoms with Crippen LogP contribution < -0.4 is 5.32 Å². The van der Waals surface area contributed by atoms with Gasteiger partial charge in [-0.2, -0.15) is 0 Å². The number of carbonyl (C=O) groups excluding carboxylic acids is 1. The number of hydrogen-bond donors (Lipinski definition) is 2. The molecular weight excluding hydrogens is 310 g/mol. The van der Waals surface area contributed by atoms with Crippen molar-refractivity contribution < 1.29 is 14.3 Å². The molecule has 4 nitrogen and oxygen atoms in total. The van der Waals surface area contributed by atoms with Gasteiger partial charge in [-0.1, -0.05) is 12.1 Å². The minimum Gasteiger partial charge on any atom is -0.464 e. The molecule has 0 bridgehead atoms. The number of hydrogen-bond acceptors (Lipinski definition) is 3. The van der Waals surface area contributed by atoms with Gasteiger partial charge in [0.05, 0.1) is 12.1 Å². The quantitative estimate of drug-likeness (QED) is 0.909. The van der Waals surface area contributed by atoms with Gasteiger partial charge in [-0.3, -0.25) is 4.79 Å². The van der Waals surface area contributed by atoms with E-state index >= 15 is 0 Å². The Bertz CT molecular complexity index is 580. The number of halogens is 1. The highest BCUT2D eigenvalue weighted by Crippen LogP contribution is 2.17. The van der Waals surface area contributed by atoms with Crippen LogP contribution in [-0.4, -0.2) is 17.6 Å². The molecule has 1 aromatic carbocycles. The van der Waals surface area contributed by atoms with Crippen LogP contribution in [0.3, 0.4) is 0 Å². The van der Waals surface area contributed by atoms with E-state index in [0.717, 1.165) is 10.2 Å². The van der Waals surface area contributed by atoms with E-state index in [9.17, 15) is 9.90 Å². The molecule has 1 heterocycles. The molecule has 100 valence electrons. The SMILES string of the molecule is Cc1ccc([C@@H](O)CNC(=O)c2ccccc2Br)o1. The van der Waals surface area contributed by atoms with Crippen molar-refractivity contribution in [2.45, 2.75) is 13.0 Å².